The summed E-state index contributed by atoms with van der Waals surface area (Å²) in [7, 11) is 1.74. The molecule has 0 aliphatic carbocycles. The standard InChI is InChI=1S/C13H15N3O3S2/c1-8-5-10(17)12(19)9(16(8)2)6-15-11(18)7-21-13-14-3-4-20-13/h3-5,19H,6-7H2,1-2H3,(H,15,18). The van der Waals surface area contributed by atoms with E-state index in [-0.39, 0.29) is 24.0 Å². The van der Waals surface area contributed by atoms with Gasteiger partial charge in [-0.15, -0.1) is 11.3 Å². The van der Waals surface area contributed by atoms with Crippen molar-refractivity contribution in [3.63, 3.8) is 0 Å². The Morgan fingerprint density at radius 3 is 3.00 bits per heavy atom. The van der Waals surface area contributed by atoms with Gasteiger partial charge in [0.2, 0.25) is 11.3 Å². The van der Waals surface area contributed by atoms with E-state index in [0.29, 0.717) is 5.69 Å². The van der Waals surface area contributed by atoms with Crippen molar-refractivity contribution >= 4 is 29.0 Å². The quantitative estimate of drug-likeness (QED) is 0.809. The first-order valence-electron chi connectivity index (χ1n) is 6.16. The molecule has 0 atom stereocenters. The minimum Gasteiger partial charge on any atom is -0.503 e. The van der Waals surface area contributed by atoms with Crippen molar-refractivity contribution in [2.24, 2.45) is 7.05 Å². The van der Waals surface area contributed by atoms with Crippen LogP contribution in [-0.2, 0) is 18.4 Å². The van der Waals surface area contributed by atoms with E-state index in [1.54, 1.807) is 24.7 Å². The number of hydrogen-bond donors (Lipinski definition) is 2. The molecule has 8 heteroatoms. The maximum atomic E-state index is 11.8. The number of aryl methyl sites for hydroxylation is 1. The number of thioether (sulfide) groups is 1. The van der Waals surface area contributed by atoms with Gasteiger partial charge in [0.25, 0.3) is 0 Å². The molecule has 0 aromatic carbocycles. The molecule has 1 amide bonds. The molecule has 0 bridgehead atoms. The number of carbonyl (C=O) groups excluding carboxylic acids is 1. The van der Waals surface area contributed by atoms with E-state index in [2.05, 4.69) is 10.3 Å². The molecule has 6 nitrogen and oxygen atoms in total. The van der Waals surface area contributed by atoms with Gasteiger partial charge in [-0.3, -0.25) is 9.59 Å². The first-order chi connectivity index (χ1) is 9.99. The third-order valence-corrected chi connectivity index (χ3v) is 4.94. The summed E-state index contributed by atoms with van der Waals surface area (Å²) in [6.45, 7) is 1.88. The van der Waals surface area contributed by atoms with Gasteiger partial charge in [-0.05, 0) is 6.92 Å². The van der Waals surface area contributed by atoms with Gasteiger partial charge < -0.3 is 15.0 Å². The lowest BCUT2D eigenvalue weighted by Crippen LogP contribution is -2.27. The van der Waals surface area contributed by atoms with Crippen molar-refractivity contribution < 1.29 is 9.90 Å². The minimum absolute atomic E-state index is 0.108. The van der Waals surface area contributed by atoms with Crippen molar-refractivity contribution in [2.45, 2.75) is 17.8 Å². The zero-order valence-corrected chi connectivity index (χ0v) is 13.3. The average molecular weight is 325 g/mol. The molecule has 2 rings (SSSR count). The second-order valence-electron chi connectivity index (χ2n) is 4.37. The molecule has 2 aromatic heterocycles. The Hall–Kier alpha value is -1.80. The summed E-state index contributed by atoms with van der Waals surface area (Å²) >= 11 is 2.82. The van der Waals surface area contributed by atoms with Crippen LogP contribution < -0.4 is 10.7 Å². The molecule has 2 heterocycles. The van der Waals surface area contributed by atoms with E-state index in [4.69, 9.17) is 0 Å². The van der Waals surface area contributed by atoms with Gasteiger partial charge in [0.15, 0.2) is 5.75 Å². The lowest BCUT2D eigenvalue weighted by Gasteiger charge is -2.14. The van der Waals surface area contributed by atoms with Crippen LogP contribution in [0.25, 0.3) is 0 Å². The van der Waals surface area contributed by atoms with Crippen LogP contribution in [0.3, 0.4) is 0 Å². The number of aromatic hydroxyl groups is 1. The van der Waals surface area contributed by atoms with Gasteiger partial charge in [-0.1, -0.05) is 11.8 Å². The SMILES string of the molecule is Cc1cc(=O)c(O)c(CNC(=O)CSc2nccs2)n1C. The Morgan fingerprint density at radius 2 is 2.33 bits per heavy atom. The molecule has 0 aliphatic rings. The second-order valence-corrected chi connectivity index (χ2v) is 6.48. The number of nitrogens with one attached hydrogen (secondary N) is 1. The van der Waals surface area contributed by atoms with Crippen molar-refractivity contribution in [2.75, 3.05) is 5.75 Å². The highest BCUT2D eigenvalue weighted by Gasteiger charge is 2.12. The fourth-order valence-corrected chi connectivity index (χ4v) is 3.18. The summed E-state index contributed by atoms with van der Waals surface area (Å²) < 4.78 is 2.52. The van der Waals surface area contributed by atoms with Gasteiger partial charge in [-0.2, -0.15) is 0 Å². The lowest BCUT2D eigenvalue weighted by atomic mass is 10.2. The normalized spacial score (nSPS) is 10.6. The maximum Gasteiger partial charge on any atom is 0.230 e. The summed E-state index contributed by atoms with van der Waals surface area (Å²) in [4.78, 5) is 27.4. The maximum absolute atomic E-state index is 11.8. The summed E-state index contributed by atoms with van der Waals surface area (Å²) in [5.74, 6) is -0.256. The minimum atomic E-state index is -0.438. The van der Waals surface area contributed by atoms with Gasteiger partial charge in [0.1, 0.15) is 4.34 Å². The zero-order valence-electron chi connectivity index (χ0n) is 11.6. The first kappa shape index (κ1) is 15.6. The highest BCUT2D eigenvalue weighted by atomic mass is 32.2. The number of aromatic nitrogens is 2. The highest BCUT2D eigenvalue weighted by Crippen LogP contribution is 2.19. The topological polar surface area (TPSA) is 84.2 Å². The number of nitrogens with zero attached hydrogens (tertiary/aromatic N) is 2. The number of hydrogen-bond acceptors (Lipinski definition) is 6. The van der Waals surface area contributed by atoms with Crippen molar-refractivity contribution in [1.29, 1.82) is 0 Å². The molecule has 21 heavy (non-hydrogen) atoms. The predicted octanol–water partition coefficient (Wildman–Crippen LogP) is 1.26. The summed E-state index contributed by atoms with van der Waals surface area (Å²) in [6.07, 6.45) is 1.69. The van der Waals surface area contributed by atoms with Crippen LogP contribution in [-0.4, -0.2) is 26.3 Å². The number of carbonyl (C=O) groups is 1. The fourth-order valence-electron chi connectivity index (χ4n) is 1.71. The van der Waals surface area contributed by atoms with Crippen LogP contribution >= 0.6 is 23.1 Å². The molecule has 2 N–H and O–H groups in total. The molecule has 0 unspecified atom stereocenters. The molecular formula is C13H15N3O3S2. The predicted molar refractivity (Wildman–Crippen MR) is 82.8 cm³/mol. The molecule has 112 valence electrons. The summed E-state index contributed by atoms with van der Waals surface area (Å²) in [5, 5.41) is 14.3. The van der Waals surface area contributed by atoms with Crippen LogP contribution in [0, 0.1) is 6.92 Å². The Bertz CT molecular complexity index is 695. The number of amides is 1. The van der Waals surface area contributed by atoms with Gasteiger partial charge in [-0.25, -0.2) is 4.98 Å². The fraction of sp³-hybridized carbons (Fsp3) is 0.308. The molecular weight excluding hydrogens is 310 g/mol. The van der Waals surface area contributed by atoms with Gasteiger partial charge in [0, 0.05) is 30.4 Å². The van der Waals surface area contributed by atoms with Crippen LogP contribution in [0.1, 0.15) is 11.4 Å². The third-order valence-electron chi connectivity index (χ3n) is 2.97. The number of pyridine rings is 1. The number of rotatable bonds is 5. The Morgan fingerprint density at radius 1 is 1.57 bits per heavy atom. The zero-order chi connectivity index (χ0) is 15.4. The summed E-state index contributed by atoms with van der Waals surface area (Å²) in [6, 6.07) is 1.36. The van der Waals surface area contributed by atoms with Crippen LogP contribution in [0.5, 0.6) is 5.75 Å². The Balaban J connectivity index is 1.97. The van der Waals surface area contributed by atoms with E-state index >= 15 is 0 Å². The van der Waals surface area contributed by atoms with E-state index in [9.17, 15) is 14.7 Å². The van der Waals surface area contributed by atoms with Crippen LogP contribution in [0.15, 0.2) is 26.8 Å². The van der Waals surface area contributed by atoms with Crippen molar-refractivity contribution in [3.8, 4) is 5.75 Å². The first-order valence-corrected chi connectivity index (χ1v) is 8.03. The van der Waals surface area contributed by atoms with Crippen molar-refractivity contribution in [3.05, 3.63) is 39.3 Å². The number of thiazole rings is 1. The largest absolute Gasteiger partial charge is 0.503 e. The second kappa shape index (κ2) is 6.77. The van der Waals surface area contributed by atoms with E-state index in [1.807, 2.05) is 5.38 Å². The lowest BCUT2D eigenvalue weighted by molar-refractivity contribution is -0.118. The molecule has 0 saturated carbocycles. The average Bonchev–Trinajstić information content (AvgIpc) is 2.96. The smallest absolute Gasteiger partial charge is 0.230 e. The Kier molecular flexibility index (Phi) is 5.03. The summed E-state index contributed by atoms with van der Waals surface area (Å²) in [5.41, 5.74) is 0.679. The molecule has 0 saturated heterocycles. The van der Waals surface area contributed by atoms with Crippen LogP contribution in [0.2, 0.25) is 0 Å². The third kappa shape index (κ3) is 3.85. The molecule has 2 aromatic rings. The molecule has 0 spiro atoms. The molecule has 0 fully saturated rings. The Labute approximate surface area is 129 Å². The molecule has 0 radical (unpaired) electrons. The van der Waals surface area contributed by atoms with Gasteiger partial charge >= 0.3 is 0 Å². The molecule has 0 aliphatic heterocycles. The van der Waals surface area contributed by atoms with Crippen LogP contribution in [0.4, 0.5) is 0 Å². The van der Waals surface area contributed by atoms with E-state index < -0.39 is 5.43 Å². The monoisotopic (exact) mass is 325 g/mol. The highest BCUT2D eigenvalue weighted by molar-refractivity contribution is 8.01. The van der Waals surface area contributed by atoms with Gasteiger partial charge in [0.05, 0.1) is 18.0 Å². The van der Waals surface area contributed by atoms with E-state index in [1.165, 1.54) is 29.2 Å². The van der Waals surface area contributed by atoms with Crippen molar-refractivity contribution in [1.82, 2.24) is 14.9 Å². The van der Waals surface area contributed by atoms with E-state index in [0.717, 1.165) is 10.0 Å².